The highest BCUT2D eigenvalue weighted by molar-refractivity contribution is 7.13. The Bertz CT molecular complexity index is 404. The van der Waals surface area contributed by atoms with Crippen LogP contribution in [0.15, 0.2) is 12.1 Å². The van der Waals surface area contributed by atoms with Gasteiger partial charge in [-0.15, -0.1) is 11.3 Å². The number of carbonyl (C=O) groups excluding carboxylic acids is 2. The second-order valence-corrected chi connectivity index (χ2v) is 5.08. The van der Waals surface area contributed by atoms with Gasteiger partial charge in [0.25, 0.3) is 5.91 Å². The van der Waals surface area contributed by atoms with Gasteiger partial charge in [0.2, 0.25) is 5.91 Å². The molecule has 0 fully saturated rings. The van der Waals surface area contributed by atoms with E-state index in [-0.39, 0.29) is 18.4 Å². The first-order chi connectivity index (χ1) is 8.63. The topological polar surface area (TPSA) is 67.4 Å². The molecule has 1 rings (SSSR count). The zero-order valence-electron chi connectivity index (χ0n) is 10.6. The zero-order chi connectivity index (χ0) is 13.4. The maximum atomic E-state index is 11.6. The van der Waals surface area contributed by atoms with Crippen LogP contribution in [0.4, 0.5) is 0 Å². The molecular formula is C12H18N2O3S. The first-order valence-corrected chi connectivity index (χ1v) is 6.55. The maximum absolute atomic E-state index is 11.6. The Labute approximate surface area is 111 Å². The minimum atomic E-state index is -0.208. The van der Waals surface area contributed by atoms with Gasteiger partial charge in [-0.1, -0.05) is 0 Å². The van der Waals surface area contributed by atoms with Crippen LogP contribution in [0.3, 0.4) is 0 Å². The molecule has 0 spiro atoms. The number of carbonyl (C=O) groups is 2. The molecule has 0 aromatic carbocycles. The Morgan fingerprint density at radius 1 is 1.33 bits per heavy atom. The molecule has 0 atom stereocenters. The van der Waals surface area contributed by atoms with Gasteiger partial charge in [0.1, 0.15) is 0 Å². The maximum Gasteiger partial charge on any atom is 0.261 e. The van der Waals surface area contributed by atoms with Crippen LogP contribution in [0.25, 0.3) is 0 Å². The van der Waals surface area contributed by atoms with Crippen molar-refractivity contribution in [2.75, 3.05) is 26.8 Å². The summed E-state index contributed by atoms with van der Waals surface area (Å²) in [7, 11) is 1.62. The molecule has 1 aromatic rings. The highest BCUT2D eigenvalue weighted by Crippen LogP contribution is 2.14. The fourth-order valence-corrected chi connectivity index (χ4v) is 2.09. The van der Waals surface area contributed by atoms with Gasteiger partial charge in [0.05, 0.1) is 11.4 Å². The average molecular weight is 270 g/mol. The fourth-order valence-electron chi connectivity index (χ4n) is 1.31. The lowest BCUT2D eigenvalue weighted by molar-refractivity contribution is -0.120. The van der Waals surface area contributed by atoms with Crippen molar-refractivity contribution < 1.29 is 14.3 Å². The van der Waals surface area contributed by atoms with Crippen molar-refractivity contribution in [2.24, 2.45) is 0 Å². The SMILES string of the molecule is COCCCNC(=O)CNC(=O)c1ccc(C)s1. The lowest BCUT2D eigenvalue weighted by Crippen LogP contribution is -2.37. The average Bonchev–Trinajstić information content (AvgIpc) is 2.78. The quantitative estimate of drug-likeness (QED) is 0.725. The van der Waals surface area contributed by atoms with E-state index in [0.29, 0.717) is 18.0 Å². The van der Waals surface area contributed by atoms with Crippen molar-refractivity contribution in [3.8, 4) is 0 Å². The Morgan fingerprint density at radius 3 is 2.72 bits per heavy atom. The van der Waals surface area contributed by atoms with Crippen LogP contribution in [-0.4, -0.2) is 38.6 Å². The van der Waals surface area contributed by atoms with Crippen LogP contribution in [0.2, 0.25) is 0 Å². The number of thiophene rings is 1. The molecule has 0 aliphatic carbocycles. The van der Waals surface area contributed by atoms with E-state index in [9.17, 15) is 9.59 Å². The predicted octanol–water partition coefficient (Wildman–Crippen LogP) is 0.939. The molecule has 0 saturated carbocycles. The Kier molecular flexibility index (Phi) is 6.38. The summed E-state index contributed by atoms with van der Waals surface area (Å²) in [5.74, 6) is -0.395. The summed E-state index contributed by atoms with van der Waals surface area (Å²) in [6.07, 6.45) is 0.764. The Morgan fingerprint density at radius 2 is 2.11 bits per heavy atom. The predicted molar refractivity (Wildman–Crippen MR) is 70.9 cm³/mol. The molecule has 1 aromatic heterocycles. The van der Waals surface area contributed by atoms with Crippen LogP contribution in [0.1, 0.15) is 21.0 Å². The molecule has 1 heterocycles. The van der Waals surface area contributed by atoms with E-state index >= 15 is 0 Å². The smallest absolute Gasteiger partial charge is 0.261 e. The van der Waals surface area contributed by atoms with E-state index in [1.54, 1.807) is 13.2 Å². The van der Waals surface area contributed by atoms with Crippen molar-refractivity contribution in [3.05, 3.63) is 21.9 Å². The molecule has 2 amide bonds. The summed E-state index contributed by atoms with van der Waals surface area (Å²) in [5, 5.41) is 5.28. The molecular weight excluding hydrogens is 252 g/mol. The second kappa shape index (κ2) is 7.84. The third kappa shape index (κ3) is 5.29. The number of amides is 2. The van der Waals surface area contributed by atoms with E-state index in [0.717, 1.165) is 11.3 Å². The van der Waals surface area contributed by atoms with Gasteiger partial charge >= 0.3 is 0 Å². The summed E-state index contributed by atoms with van der Waals surface area (Å²) in [5.41, 5.74) is 0. The van der Waals surface area contributed by atoms with Gasteiger partial charge in [-0.3, -0.25) is 9.59 Å². The van der Waals surface area contributed by atoms with Crippen molar-refractivity contribution in [1.29, 1.82) is 0 Å². The summed E-state index contributed by atoms with van der Waals surface area (Å²) in [4.78, 5) is 24.7. The highest BCUT2D eigenvalue weighted by atomic mass is 32.1. The lowest BCUT2D eigenvalue weighted by atomic mass is 10.4. The molecule has 2 N–H and O–H groups in total. The molecule has 0 unspecified atom stereocenters. The second-order valence-electron chi connectivity index (χ2n) is 3.79. The van der Waals surface area contributed by atoms with E-state index in [1.165, 1.54) is 11.3 Å². The summed E-state index contributed by atoms with van der Waals surface area (Å²) < 4.78 is 4.86. The van der Waals surface area contributed by atoms with Gasteiger partial charge in [0.15, 0.2) is 0 Å². The highest BCUT2D eigenvalue weighted by Gasteiger charge is 2.09. The number of ether oxygens (including phenoxy) is 1. The number of methoxy groups -OCH3 is 1. The molecule has 0 saturated heterocycles. The standard InChI is InChI=1S/C12H18N2O3S/c1-9-4-5-10(18-9)12(16)14-8-11(15)13-6-3-7-17-2/h4-5H,3,6-8H2,1-2H3,(H,13,15)(H,14,16). The molecule has 18 heavy (non-hydrogen) atoms. The van der Waals surface area contributed by atoms with Gasteiger partial charge in [-0.25, -0.2) is 0 Å². The van der Waals surface area contributed by atoms with E-state index in [1.807, 2.05) is 13.0 Å². The number of nitrogens with one attached hydrogen (secondary N) is 2. The number of hydrogen-bond acceptors (Lipinski definition) is 4. The minimum Gasteiger partial charge on any atom is -0.385 e. The Hall–Kier alpha value is -1.40. The molecule has 6 heteroatoms. The largest absolute Gasteiger partial charge is 0.385 e. The van der Waals surface area contributed by atoms with Crippen LogP contribution in [0, 0.1) is 6.92 Å². The van der Waals surface area contributed by atoms with E-state index in [2.05, 4.69) is 10.6 Å². The number of aryl methyl sites for hydroxylation is 1. The summed E-state index contributed by atoms with van der Waals surface area (Å²) >= 11 is 1.41. The van der Waals surface area contributed by atoms with Crippen LogP contribution in [-0.2, 0) is 9.53 Å². The van der Waals surface area contributed by atoms with Crippen LogP contribution in [0.5, 0.6) is 0 Å². The molecule has 0 radical (unpaired) electrons. The zero-order valence-corrected chi connectivity index (χ0v) is 11.4. The molecule has 0 aliphatic rings. The van der Waals surface area contributed by atoms with Gasteiger partial charge in [0, 0.05) is 25.1 Å². The first kappa shape index (κ1) is 14.7. The molecule has 5 nitrogen and oxygen atoms in total. The van der Waals surface area contributed by atoms with Crippen LogP contribution < -0.4 is 10.6 Å². The Balaban J connectivity index is 2.20. The van der Waals surface area contributed by atoms with Gasteiger partial charge < -0.3 is 15.4 Å². The first-order valence-electron chi connectivity index (χ1n) is 5.73. The monoisotopic (exact) mass is 270 g/mol. The number of hydrogen-bond donors (Lipinski definition) is 2. The molecule has 100 valence electrons. The fraction of sp³-hybridized carbons (Fsp3) is 0.500. The lowest BCUT2D eigenvalue weighted by Gasteiger charge is -2.05. The molecule has 0 bridgehead atoms. The summed E-state index contributed by atoms with van der Waals surface area (Å²) in [6, 6.07) is 3.64. The third-order valence-corrected chi connectivity index (χ3v) is 3.22. The van der Waals surface area contributed by atoms with E-state index in [4.69, 9.17) is 4.74 Å². The molecule has 0 aliphatic heterocycles. The minimum absolute atomic E-state index is 0.00274. The van der Waals surface area contributed by atoms with Crippen molar-refractivity contribution in [3.63, 3.8) is 0 Å². The normalized spacial score (nSPS) is 10.1. The van der Waals surface area contributed by atoms with Crippen LogP contribution >= 0.6 is 11.3 Å². The summed E-state index contributed by atoms with van der Waals surface area (Å²) in [6.45, 7) is 3.11. The van der Waals surface area contributed by atoms with Crippen molar-refractivity contribution in [2.45, 2.75) is 13.3 Å². The van der Waals surface area contributed by atoms with Crippen molar-refractivity contribution >= 4 is 23.2 Å². The third-order valence-electron chi connectivity index (χ3n) is 2.22. The number of rotatable bonds is 7. The van der Waals surface area contributed by atoms with Crippen molar-refractivity contribution in [1.82, 2.24) is 10.6 Å². The van der Waals surface area contributed by atoms with Gasteiger partial charge in [-0.05, 0) is 25.5 Å². The van der Waals surface area contributed by atoms with Gasteiger partial charge in [-0.2, -0.15) is 0 Å². The van der Waals surface area contributed by atoms with E-state index < -0.39 is 0 Å².